The number of phosphoric acid groups is 1. The monoisotopic (exact) mass is 1210 g/mol. The first kappa shape index (κ1) is 58.9. The first-order valence-electron chi connectivity index (χ1n) is 27.3. The molecule has 5 aromatic rings. The average molecular weight is 1210 g/mol. The zero-order valence-electron chi connectivity index (χ0n) is 46.7. The summed E-state index contributed by atoms with van der Waals surface area (Å²) in [7, 11) is -2.94. The van der Waals surface area contributed by atoms with Gasteiger partial charge in [-0.3, -0.25) is 18.7 Å². The molecule has 24 heteroatoms. The third-order valence-corrected chi connectivity index (χ3v) is 18.7. The number of phosphoric ester groups is 1. The van der Waals surface area contributed by atoms with E-state index in [4.69, 9.17) is 70.7 Å². The second-order valence-electron chi connectivity index (χ2n) is 22.3. The third kappa shape index (κ3) is 10.9. The van der Waals surface area contributed by atoms with E-state index in [1.165, 1.54) is 15.8 Å². The number of halogens is 4. The first-order valence-corrected chi connectivity index (χ1v) is 30.3. The first-order chi connectivity index (χ1) is 38.4. The van der Waals surface area contributed by atoms with Crippen molar-refractivity contribution in [1.29, 1.82) is 0 Å². The molecule has 0 aliphatic carbocycles. The number of imidazole rings is 1. The van der Waals surface area contributed by atoms with Gasteiger partial charge in [-0.15, -0.1) is 0 Å². The highest BCUT2D eigenvalue weighted by molar-refractivity contribution is 7.46. The lowest BCUT2D eigenvalue weighted by molar-refractivity contribution is -0.245. The van der Waals surface area contributed by atoms with Crippen LogP contribution in [-0.2, 0) is 23.1 Å². The largest absolute Gasteiger partial charge is 0.756 e. The van der Waals surface area contributed by atoms with Crippen LogP contribution in [0.1, 0.15) is 133 Å². The molecular weight excluding hydrogens is 1140 g/mol. The number of hydrogen-bond donors (Lipinski definition) is 4. The van der Waals surface area contributed by atoms with Crippen molar-refractivity contribution in [3.8, 4) is 11.5 Å². The van der Waals surface area contributed by atoms with Crippen LogP contribution in [0.15, 0.2) is 42.7 Å². The van der Waals surface area contributed by atoms with Gasteiger partial charge in [0.2, 0.25) is 17.2 Å². The minimum absolute atomic E-state index is 0.0118. The van der Waals surface area contributed by atoms with E-state index in [0.717, 1.165) is 72.1 Å². The van der Waals surface area contributed by atoms with Crippen molar-refractivity contribution in [2.45, 2.75) is 130 Å². The Morgan fingerprint density at radius 1 is 0.926 bits per heavy atom. The summed E-state index contributed by atoms with van der Waals surface area (Å²) in [6.07, 6.45) is 4.85. The van der Waals surface area contributed by atoms with Gasteiger partial charge in [0.1, 0.15) is 42.7 Å². The number of nitrogens with zero attached hydrogens (tertiary/aromatic N) is 7. The van der Waals surface area contributed by atoms with Gasteiger partial charge in [-0.05, 0) is 90.2 Å². The number of aromatic nitrogens is 4. The number of ether oxygens (including phenoxy) is 2. The Kier molecular flexibility index (Phi) is 16.5. The number of benzene rings is 3. The van der Waals surface area contributed by atoms with E-state index >= 15 is 4.79 Å². The van der Waals surface area contributed by atoms with Crippen LogP contribution in [-0.4, -0.2) is 117 Å². The van der Waals surface area contributed by atoms with Crippen LogP contribution in [0.2, 0.25) is 20.1 Å². The summed E-state index contributed by atoms with van der Waals surface area (Å²) in [4.78, 5) is 57.1. The lowest BCUT2D eigenvalue weighted by atomic mass is 9.83. The van der Waals surface area contributed by atoms with Crippen LogP contribution >= 0.6 is 54.2 Å². The molecule has 2 aromatic heterocycles. The van der Waals surface area contributed by atoms with Gasteiger partial charge in [0, 0.05) is 98.3 Å². The summed E-state index contributed by atoms with van der Waals surface area (Å²) in [5.41, 5.74) is 13.1. The maximum absolute atomic E-state index is 15.1. The number of carbonyl (C=O) groups excluding carboxylic acids is 2. The molecule has 0 saturated carbocycles. The highest BCUT2D eigenvalue weighted by Gasteiger charge is 2.51. The van der Waals surface area contributed by atoms with E-state index in [1.54, 1.807) is 7.05 Å². The zero-order chi connectivity index (χ0) is 58.2. The highest BCUT2D eigenvalue weighted by Crippen LogP contribution is 2.52. The van der Waals surface area contributed by atoms with Gasteiger partial charge in [0.05, 0.1) is 43.9 Å². The number of aliphatic hydroxyl groups excluding tert-OH is 1. The topological polar surface area (TPSA) is 235 Å². The van der Waals surface area contributed by atoms with E-state index in [-0.39, 0.29) is 79.2 Å². The Hall–Kier alpha value is -5.31. The van der Waals surface area contributed by atoms with Crippen LogP contribution < -0.4 is 46.0 Å². The number of anilines is 3. The van der Waals surface area contributed by atoms with Gasteiger partial charge in [-0.1, -0.05) is 65.3 Å². The van der Waals surface area contributed by atoms with E-state index in [0.29, 0.717) is 58.9 Å². The number of nitrogen functional groups attached to an aromatic ring is 1. The van der Waals surface area contributed by atoms with Crippen LogP contribution in [0.5, 0.6) is 11.5 Å². The molecular formula is C57H67Cl4N10O9P. The van der Waals surface area contributed by atoms with Crippen LogP contribution in [0, 0.1) is 0 Å². The molecule has 0 bridgehead atoms. The molecule has 0 spiro atoms. The second-order valence-corrected chi connectivity index (χ2v) is 25.2. The average Bonchev–Trinajstić information content (AvgIpc) is 3.99. The van der Waals surface area contributed by atoms with E-state index in [9.17, 15) is 19.4 Å². The molecule has 5 aliphatic rings. The third-order valence-electron chi connectivity index (χ3n) is 15.9. The van der Waals surface area contributed by atoms with Gasteiger partial charge in [-0.2, -0.15) is 0 Å². The fourth-order valence-electron chi connectivity index (χ4n) is 12.2. The van der Waals surface area contributed by atoms with E-state index in [1.807, 2.05) is 0 Å². The number of fused-ring (bicyclic) bond motifs is 6. The summed E-state index contributed by atoms with van der Waals surface area (Å²) in [5.74, 6) is 0.980. The van der Waals surface area contributed by atoms with Gasteiger partial charge in [-0.25, -0.2) is 19.5 Å². The fourth-order valence-corrected chi connectivity index (χ4v) is 14.2. The van der Waals surface area contributed by atoms with Gasteiger partial charge < -0.3 is 54.7 Å². The second kappa shape index (κ2) is 22.7. The summed E-state index contributed by atoms with van der Waals surface area (Å²) < 4.78 is 38.7. The number of allylic oxidation sites excluding steroid dienone is 2. The predicted octanol–water partition coefficient (Wildman–Crippen LogP) is 8.89. The number of hydrogen-bond acceptors (Lipinski definition) is 15. The number of carbonyl (C=O) groups is 2. The fraction of sp³-hybridized carbons (Fsp3) is 0.474. The summed E-state index contributed by atoms with van der Waals surface area (Å²) in [6, 6.07) is 8.39. The Bertz CT molecular complexity index is 3660. The minimum Gasteiger partial charge on any atom is -0.756 e. The number of nitrogens with two attached hydrogens (primary N) is 1. The summed E-state index contributed by atoms with van der Waals surface area (Å²) in [6.45, 7) is 19.6. The predicted molar refractivity (Wildman–Crippen MR) is 315 cm³/mol. The van der Waals surface area contributed by atoms with E-state index in [2.05, 4.69) is 127 Å². The molecule has 2 fully saturated rings. The molecule has 3 aromatic carbocycles. The molecule has 7 heterocycles. The number of unbranched alkanes of at least 4 members (excludes halogenated alkanes) is 3. The molecule has 432 valence electrons. The standard InChI is InChI=1S/C57H67Cl4N10O9P/c1-10-69-35-23-37-33(21-31(35)29(3)25-56(69,5)6)41(34-22-32-30(4)26-57(7,8)70(11-2)36(32)24-38(34)78-37)42-43(45(59)47(61)46(60)44(42)58)53(74)68(9)20-16-17-40(72)63-18-14-12-13-15-19-64-55-67-48-51(62)65-28-66-52(48)71(55)54-49(73)50-39(79-54)27-77-81(75,76)80-50/h21-26,28,39,49-50,54,62,73H,10-20,27H2,1-9H3,(H3,63,72,74,75,76)/t39-,49-,50-,54-/m1/s1. The molecule has 2 amide bonds. The molecule has 5 atom stereocenters. The molecule has 81 heavy (non-hydrogen) atoms. The Balaban J connectivity index is 0.822. The Morgan fingerprint density at radius 2 is 1.64 bits per heavy atom. The van der Waals surface area contributed by atoms with Crippen molar-refractivity contribution in [1.82, 2.24) is 34.3 Å². The maximum atomic E-state index is 15.1. The van der Waals surface area contributed by atoms with Crippen molar-refractivity contribution in [3.63, 3.8) is 0 Å². The van der Waals surface area contributed by atoms with Crippen molar-refractivity contribution >= 4 is 111 Å². The van der Waals surface area contributed by atoms with Crippen LogP contribution in [0.3, 0.4) is 0 Å². The number of amides is 2. The van der Waals surface area contributed by atoms with Crippen molar-refractivity contribution in [2.24, 2.45) is 0 Å². The maximum Gasteiger partial charge on any atom is 0.268 e. The number of rotatable bonds is 17. The lowest BCUT2D eigenvalue weighted by Crippen LogP contribution is -2.49. The van der Waals surface area contributed by atoms with Crippen molar-refractivity contribution < 1.29 is 42.7 Å². The Labute approximate surface area is 490 Å². The summed E-state index contributed by atoms with van der Waals surface area (Å²) >= 11 is 28.4. The molecule has 10 rings (SSSR count). The van der Waals surface area contributed by atoms with Gasteiger partial charge in [0.25, 0.3) is 13.7 Å². The summed E-state index contributed by atoms with van der Waals surface area (Å²) in [5, 5.41) is 19.2. The number of likely N-dealkylation sites (N-methyl/N-ethyl adjacent to an activating group) is 2. The minimum atomic E-state index is -4.60. The molecule has 0 radical (unpaired) electrons. The lowest BCUT2D eigenvalue weighted by Gasteiger charge is -2.43. The molecule has 19 nitrogen and oxygen atoms in total. The molecule has 5 N–H and O–H groups in total. The Morgan fingerprint density at radius 3 is 2.37 bits per heavy atom. The van der Waals surface area contributed by atoms with Crippen LogP contribution in [0.4, 0.5) is 17.5 Å². The van der Waals surface area contributed by atoms with Crippen LogP contribution in [0.25, 0.3) is 27.9 Å². The van der Waals surface area contributed by atoms with Gasteiger partial charge >= 0.3 is 0 Å². The van der Waals surface area contributed by atoms with Crippen molar-refractivity contribution in [2.75, 3.05) is 62.3 Å². The molecule has 1 unspecified atom stereocenters. The normalized spacial score (nSPS) is 22.2. The molecule has 2 saturated heterocycles. The molecule has 5 aliphatic heterocycles. The van der Waals surface area contributed by atoms with Gasteiger partial charge in [0.15, 0.2) is 28.7 Å². The highest BCUT2D eigenvalue weighted by atomic mass is 35.5. The van der Waals surface area contributed by atoms with Crippen molar-refractivity contribution in [3.05, 3.63) is 101 Å². The quantitative estimate of drug-likeness (QED) is 0.0219. The smallest absolute Gasteiger partial charge is 0.268 e. The number of nitrogens with one attached hydrogen (secondary N) is 2. The number of aliphatic hydroxyl groups is 1. The SMILES string of the molecule is CCN1c2cc3c(cc2C(C)=CC1(C)C)C(c1c(Cl)c(Cl)c(Cl)c(Cl)c1C(=O)N(C)CCCC(=O)NCCCCCCNc1nc2c(N)ncnc2n1[C@@H]1O[C@@H]2COP(=O)([O-])O[C@H]2[C@H]1O)=c1cc2c(cc1O3)=[N+](CC)C(C)(C)C=C2C. The van der Waals surface area contributed by atoms with E-state index < -0.39 is 38.3 Å². The zero-order valence-corrected chi connectivity index (χ0v) is 50.6.